The lowest BCUT2D eigenvalue weighted by Crippen LogP contribution is -2.27. The van der Waals surface area contributed by atoms with Crippen LogP contribution in [0.4, 0.5) is 20.6 Å². The van der Waals surface area contributed by atoms with Crippen molar-refractivity contribution in [2.45, 2.75) is 39.7 Å². The molecule has 0 atom stereocenters. The summed E-state index contributed by atoms with van der Waals surface area (Å²) in [5.74, 6) is -0.228. The lowest BCUT2D eigenvalue weighted by atomic mass is 10.2. The van der Waals surface area contributed by atoms with Crippen LogP contribution in [0.1, 0.15) is 33.4 Å². The highest BCUT2D eigenvalue weighted by atomic mass is 32.1. The van der Waals surface area contributed by atoms with E-state index in [0.29, 0.717) is 12.3 Å². The van der Waals surface area contributed by atoms with Crippen LogP contribution in [0, 0.1) is 5.82 Å². The van der Waals surface area contributed by atoms with E-state index in [1.165, 1.54) is 23.5 Å². The molecule has 0 saturated carbocycles. The quantitative estimate of drug-likeness (QED) is 0.449. The number of aromatic nitrogens is 1. The van der Waals surface area contributed by atoms with Crippen molar-refractivity contribution >= 4 is 34.7 Å². The summed E-state index contributed by atoms with van der Waals surface area (Å²) >= 11 is 1.41. The number of nitrogens with zero attached hydrogens (tertiary/aromatic N) is 1. The molecule has 2 N–H and O–H groups in total. The van der Waals surface area contributed by atoms with Crippen molar-refractivity contribution in [1.29, 1.82) is 0 Å². The summed E-state index contributed by atoms with van der Waals surface area (Å²) in [5, 5.41) is 7.71. The first kappa shape index (κ1) is 24.2. The number of halogens is 1. The fraction of sp³-hybridized carbons (Fsp3) is 0.292. The lowest BCUT2D eigenvalue weighted by molar-refractivity contribution is -0.115. The molecule has 0 aliphatic heterocycles. The minimum atomic E-state index is -0.707. The van der Waals surface area contributed by atoms with Gasteiger partial charge in [-0.25, -0.2) is 14.2 Å². The summed E-state index contributed by atoms with van der Waals surface area (Å²) in [5.41, 5.74) is 1.07. The van der Waals surface area contributed by atoms with Gasteiger partial charge < -0.3 is 14.8 Å². The number of anilines is 2. The Kier molecular flexibility index (Phi) is 7.65. The van der Waals surface area contributed by atoms with Gasteiger partial charge in [0.2, 0.25) is 5.91 Å². The summed E-state index contributed by atoms with van der Waals surface area (Å²) < 4.78 is 24.7. The molecule has 0 saturated heterocycles. The Morgan fingerprint density at radius 1 is 1.09 bits per heavy atom. The molecule has 1 aromatic heterocycles. The van der Waals surface area contributed by atoms with Crippen molar-refractivity contribution in [3.05, 3.63) is 59.4 Å². The Morgan fingerprint density at radius 3 is 2.58 bits per heavy atom. The van der Waals surface area contributed by atoms with Gasteiger partial charge in [-0.3, -0.25) is 10.1 Å². The topological polar surface area (TPSA) is 89.5 Å². The van der Waals surface area contributed by atoms with E-state index in [-0.39, 0.29) is 17.8 Å². The first-order valence-corrected chi connectivity index (χ1v) is 11.3. The van der Waals surface area contributed by atoms with E-state index in [4.69, 9.17) is 9.47 Å². The van der Waals surface area contributed by atoms with E-state index < -0.39 is 23.4 Å². The predicted molar refractivity (Wildman–Crippen MR) is 127 cm³/mol. The Bertz CT molecular complexity index is 1140. The number of hydrogen-bond acceptors (Lipinski definition) is 6. The average Bonchev–Trinajstić information content (AvgIpc) is 3.17. The average molecular weight is 472 g/mol. The molecular formula is C24H26FN3O4S. The maximum Gasteiger partial charge on any atom is 0.412 e. The normalized spacial score (nSPS) is 11.1. The van der Waals surface area contributed by atoms with E-state index >= 15 is 0 Å². The van der Waals surface area contributed by atoms with Crippen LogP contribution in [0.3, 0.4) is 0 Å². The SMILES string of the molecule is CCOc1ccccc1-c1nc(CC(=O)Nc2cc(F)ccc2NC(=O)OC(C)(C)C)cs1. The number of nitrogens with one attached hydrogen (secondary N) is 2. The Labute approximate surface area is 196 Å². The molecular weight excluding hydrogens is 445 g/mol. The maximum absolute atomic E-state index is 13.8. The summed E-state index contributed by atoms with van der Waals surface area (Å²) in [6.07, 6.45) is -0.725. The first-order valence-electron chi connectivity index (χ1n) is 10.4. The molecule has 0 radical (unpaired) electrons. The van der Waals surface area contributed by atoms with Gasteiger partial charge in [0.1, 0.15) is 22.2 Å². The fourth-order valence-electron chi connectivity index (χ4n) is 2.94. The highest BCUT2D eigenvalue weighted by Gasteiger charge is 2.19. The Balaban J connectivity index is 1.71. The van der Waals surface area contributed by atoms with Crippen molar-refractivity contribution in [2.75, 3.05) is 17.2 Å². The minimum absolute atomic E-state index is 0.0182. The van der Waals surface area contributed by atoms with E-state index in [9.17, 15) is 14.0 Å². The molecule has 174 valence electrons. The van der Waals surface area contributed by atoms with Gasteiger partial charge in [-0.15, -0.1) is 11.3 Å². The van der Waals surface area contributed by atoms with Gasteiger partial charge in [0, 0.05) is 5.38 Å². The molecule has 2 aromatic carbocycles. The minimum Gasteiger partial charge on any atom is -0.493 e. The van der Waals surface area contributed by atoms with Crippen LogP contribution in [0.2, 0.25) is 0 Å². The molecule has 0 aliphatic carbocycles. The van der Waals surface area contributed by atoms with E-state index in [0.717, 1.165) is 22.4 Å². The number of carbonyl (C=O) groups is 2. The predicted octanol–water partition coefficient (Wildman–Crippen LogP) is 5.88. The zero-order valence-corrected chi connectivity index (χ0v) is 19.7. The van der Waals surface area contributed by atoms with Gasteiger partial charge >= 0.3 is 6.09 Å². The van der Waals surface area contributed by atoms with Gasteiger partial charge in [-0.1, -0.05) is 12.1 Å². The summed E-state index contributed by atoms with van der Waals surface area (Å²) in [6, 6.07) is 11.2. The number of thiazole rings is 1. The van der Waals surface area contributed by atoms with Crippen molar-refractivity contribution < 1.29 is 23.5 Å². The van der Waals surface area contributed by atoms with Crippen LogP contribution < -0.4 is 15.4 Å². The molecule has 1 heterocycles. The number of carbonyl (C=O) groups excluding carboxylic acids is 2. The van der Waals surface area contributed by atoms with Crippen LogP contribution in [-0.4, -0.2) is 29.2 Å². The third-order valence-electron chi connectivity index (χ3n) is 4.20. The second kappa shape index (κ2) is 10.4. The zero-order valence-electron chi connectivity index (χ0n) is 18.9. The van der Waals surface area contributed by atoms with E-state index in [1.807, 2.05) is 31.2 Å². The van der Waals surface area contributed by atoms with Crippen molar-refractivity contribution in [3.8, 4) is 16.3 Å². The van der Waals surface area contributed by atoms with E-state index in [2.05, 4.69) is 15.6 Å². The van der Waals surface area contributed by atoms with Crippen LogP contribution in [0.15, 0.2) is 47.8 Å². The number of ether oxygens (including phenoxy) is 2. The van der Waals surface area contributed by atoms with Gasteiger partial charge in [0.25, 0.3) is 0 Å². The third-order valence-corrected chi connectivity index (χ3v) is 5.13. The molecule has 0 aliphatic rings. The molecule has 2 amide bonds. The monoisotopic (exact) mass is 471 g/mol. The van der Waals surface area contributed by atoms with Crippen LogP contribution in [0.25, 0.3) is 10.6 Å². The second-order valence-electron chi connectivity index (χ2n) is 8.11. The number of rotatable bonds is 7. The molecule has 3 aromatic rings. The molecule has 3 rings (SSSR count). The second-order valence-corrected chi connectivity index (χ2v) is 8.97. The van der Waals surface area contributed by atoms with Gasteiger partial charge in [0.05, 0.1) is 35.7 Å². The summed E-state index contributed by atoms with van der Waals surface area (Å²) in [6.45, 7) is 7.64. The van der Waals surface area contributed by atoms with Crippen molar-refractivity contribution in [2.24, 2.45) is 0 Å². The largest absolute Gasteiger partial charge is 0.493 e. The standard InChI is InChI=1S/C24H26FN3O4S/c1-5-31-20-9-7-6-8-17(20)22-26-16(14-33-22)13-21(29)27-19-12-15(25)10-11-18(19)28-23(30)32-24(2,3)4/h6-12,14H,5,13H2,1-4H3,(H,27,29)(H,28,30). The highest BCUT2D eigenvalue weighted by molar-refractivity contribution is 7.13. The maximum atomic E-state index is 13.8. The van der Waals surface area contributed by atoms with Crippen molar-refractivity contribution in [3.63, 3.8) is 0 Å². The lowest BCUT2D eigenvalue weighted by Gasteiger charge is -2.20. The van der Waals surface area contributed by atoms with E-state index in [1.54, 1.807) is 26.2 Å². The smallest absolute Gasteiger partial charge is 0.412 e. The Hall–Kier alpha value is -3.46. The molecule has 0 unspecified atom stereocenters. The zero-order chi connectivity index (χ0) is 24.0. The third kappa shape index (κ3) is 7.01. The molecule has 0 fully saturated rings. The fourth-order valence-corrected chi connectivity index (χ4v) is 3.79. The van der Waals surface area contributed by atoms with Crippen LogP contribution in [0.5, 0.6) is 5.75 Å². The van der Waals surface area contributed by atoms with Crippen molar-refractivity contribution in [1.82, 2.24) is 4.98 Å². The van der Waals surface area contributed by atoms with Gasteiger partial charge in [-0.2, -0.15) is 0 Å². The molecule has 7 nitrogen and oxygen atoms in total. The number of benzene rings is 2. The Morgan fingerprint density at radius 2 is 1.85 bits per heavy atom. The number of amides is 2. The molecule has 33 heavy (non-hydrogen) atoms. The molecule has 0 spiro atoms. The van der Waals surface area contributed by atoms with Gasteiger partial charge in [0.15, 0.2) is 0 Å². The number of para-hydroxylation sites is 1. The van der Waals surface area contributed by atoms with Crippen LogP contribution in [-0.2, 0) is 16.0 Å². The molecule has 9 heteroatoms. The highest BCUT2D eigenvalue weighted by Crippen LogP contribution is 2.32. The van der Waals surface area contributed by atoms with Gasteiger partial charge in [-0.05, 0) is 58.0 Å². The molecule has 0 bridgehead atoms. The number of hydrogen-bond donors (Lipinski definition) is 2. The first-order chi connectivity index (χ1) is 15.6. The van der Waals surface area contributed by atoms with Crippen LogP contribution >= 0.6 is 11.3 Å². The summed E-state index contributed by atoms with van der Waals surface area (Å²) in [4.78, 5) is 29.3. The summed E-state index contributed by atoms with van der Waals surface area (Å²) in [7, 11) is 0.